The lowest BCUT2D eigenvalue weighted by Crippen LogP contribution is -2.49. The largest absolute Gasteiger partial charge is 0.480 e. The van der Waals surface area contributed by atoms with E-state index in [4.69, 9.17) is 5.11 Å². The van der Waals surface area contributed by atoms with Crippen molar-refractivity contribution in [2.24, 2.45) is 0 Å². The molecule has 0 aromatic heterocycles. The van der Waals surface area contributed by atoms with Crippen LogP contribution in [0.4, 0.5) is 0 Å². The Hall–Kier alpha value is -0.750. The van der Waals surface area contributed by atoms with Gasteiger partial charge in [0.2, 0.25) is 5.91 Å². The molecule has 0 radical (unpaired) electrons. The fourth-order valence-electron chi connectivity index (χ4n) is 1.46. The monoisotopic (exact) mass is 262 g/mol. The Labute approximate surface area is 107 Å². The molecule has 0 saturated heterocycles. The summed E-state index contributed by atoms with van der Waals surface area (Å²) < 4.78 is 0. The van der Waals surface area contributed by atoms with E-state index in [0.717, 1.165) is 12.2 Å². The summed E-state index contributed by atoms with van der Waals surface area (Å²) in [6, 6.07) is -1.10. The van der Waals surface area contributed by atoms with Crippen LogP contribution in [-0.2, 0) is 9.59 Å². The number of aliphatic carboxylic acids is 1. The number of carboxylic acids is 1. The molecule has 0 saturated carbocycles. The van der Waals surface area contributed by atoms with Crippen LogP contribution >= 0.6 is 11.8 Å². The molecule has 0 spiro atoms. The Bertz CT molecular complexity index is 249. The zero-order valence-corrected chi connectivity index (χ0v) is 11.5. The maximum Gasteiger partial charge on any atom is 0.326 e. The molecule has 100 valence electrons. The third kappa shape index (κ3) is 6.53. The Morgan fingerprint density at radius 3 is 2.35 bits per heavy atom. The lowest BCUT2D eigenvalue weighted by molar-refractivity contribution is -0.142. The molecule has 1 amide bonds. The first kappa shape index (κ1) is 16.2. The maximum absolute atomic E-state index is 11.8. The van der Waals surface area contributed by atoms with E-state index in [2.05, 4.69) is 10.6 Å². The Morgan fingerprint density at radius 2 is 1.94 bits per heavy atom. The summed E-state index contributed by atoms with van der Waals surface area (Å²) in [5.74, 6) is -0.489. The molecule has 0 bridgehead atoms. The van der Waals surface area contributed by atoms with Crippen LogP contribution in [0.25, 0.3) is 0 Å². The van der Waals surface area contributed by atoms with Crippen molar-refractivity contribution < 1.29 is 14.7 Å². The van der Waals surface area contributed by atoms with Crippen LogP contribution in [0.15, 0.2) is 0 Å². The first-order valence-corrected chi connectivity index (χ1v) is 7.15. The summed E-state index contributed by atoms with van der Waals surface area (Å²) >= 11 is 1.57. The average Bonchev–Trinajstić information content (AvgIpc) is 2.30. The van der Waals surface area contributed by atoms with Gasteiger partial charge in [0.15, 0.2) is 0 Å². The van der Waals surface area contributed by atoms with Gasteiger partial charge in [-0.05, 0) is 31.9 Å². The second kappa shape index (κ2) is 9.30. The topological polar surface area (TPSA) is 78.4 Å². The lowest BCUT2D eigenvalue weighted by atomic mass is 10.1. The number of hydrogen-bond donors (Lipinski definition) is 3. The van der Waals surface area contributed by atoms with Gasteiger partial charge in [0.25, 0.3) is 0 Å². The molecular weight excluding hydrogens is 240 g/mol. The molecule has 0 heterocycles. The summed E-state index contributed by atoms with van der Waals surface area (Å²) in [7, 11) is 1.71. The van der Waals surface area contributed by atoms with Crippen molar-refractivity contribution in [2.75, 3.05) is 19.1 Å². The second-order valence-electron chi connectivity index (χ2n) is 3.81. The van der Waals surface area contributed by atoms with Crippen LogP contribution in [0.1, 0.15) is 26.2 Å². The van der Waals surface area contributed by atoms with Crippen LogP contribution in [-0.4, -0.2) is 48.1 Å². The molecule has 0 aliphatic carbocycles. The van der Waals surface area contributed by atoms with Crippen molar-refractivity contribution in [2.45, 2.75) is 38.3 Å². The van der Waals surface area contributed by atoms with Gasteiger partial charge in [-0.15, -0.1) is 0 Å². The van der Waals surface area contributed by atoms with E-state index in [1.165, 1.54) is 0 Å². The number of thioether (sulfide) groups is 1. The molecule has 0 aromatic rings. The summed E-state index contributed by atoms with van der Waals surface area (Å²) in [4.78, 5) is 22.8. The fourth-order valence-corrected chi connectivity index (χ4v) is 1.93. The van der Waals surface area contributed by atoms with Gasteiger partial charge in [0, 0.05) is 0 Å². The van der Waals surface area contributed by atoms with Crippen molar-refractivity contribution in [1.29, 1.82) is 0 Å². The number of carboxylic acid groups (broad SMARTS) is 1. The van der Waals surface area contributed by atoms with E-state index < -0.39 is 12.0 Å². The second-order valence-corrected chi connectivity index (χ2v) is 4.80. The van der Waals surface area contributed by atoms with E-state index in [0.29, 0.717) is 12.8 Å². The van der Waals surface area contributed by atoms with Gasteiger partial charge in [0.1, 0.15) is 6.04 Å². The predicted molar refractivity (Wildman–Crippen MR) is 70.3 cm³/mol. The molecule has 5 nitrogen and oxygen atoms in total. The fraction of sp³-hybridized carbons (Fsp3) is 0.818. The third-order valence-electron chi connectivity index (χ3n) is 2.47. The lowest BCUT2D eigenvalue weighted by Gasteiger charge is -2.19. The zero-order chi connectivity index (χ0) is 13.3. The van der Waals surface area contributed by atoms with Crippen LogP contribution in [0.5, 0.6) is 0 Å². The summed E-state index contributed by atoms with van der Waals surface area (Å²) in [5, 5.41) is 14.5. The number of nitrogens with one attached hydrogen (secondary N) is 2. The van der Waals surface area contributed by atoms with Gasteiger partial charge in [0.05, 0.1) is 6.04 Å². The van der Waals surface area contributed by atoms with Gasteiger partial charge < -0.3 is 15.7 Å². The van der Waals surface area contributed by atoms with E-state index in [1.54, 1.807) is 18.8 Å². The van der Waals surface area contributed by atoms with E-state index >= 15 is 0 Å². The van der Waals surface area contributed by atoms with Crippen molar-refractivity contribution >= 4 is 23.6 Å². The highest BCUT2D eigenvalue weighted by molar-refractivity contribution is 7.98. The number of carbonyl (C=O) groups excluding carboxylic acids is 1. The van der Waals surface area contributed by atoms with Crippen LogP contribution in [0, 0.1) is 0 Å². The number of likely N-dealkylation sites (N-methyl/N-ethyl adjacent to an activating group) is 1. The molecule has 0 rings (SSSR count). The van der Waals surface area contributed by atoms with Gasteiger partial charge in [-0.2, -0.15) is 11.8 Å². The Balaban J connectivity index is 4.32. The highest BCUT2D eigenvalue weighted by Crippen LogP contribution is 2.03. The third-order valence-corrected chi connectivity index (χ3v) is 3.11. The SMILES string of the molecule is CCC[C@H](NC)C(=O)N[C@@H](CCSC)C(=O)O. The highest BCUT2D eigenvalue weighted by Gasteiger charge is 2.23. The van der Waals surface area contributed by atoms with Gasteiger partial charge in [-0.25, -0.2) is 4.79 Å². The van der Waals surface area contributed by atoms with Crippen LogP contribution in [0.2, 0.25) is 0 Å². The minimum absolute atomic E-state index is 0.233. The summed E-state index contributed by atoms with van der Waals surface area (Å²) in [6.45, 7) is 1.99. The molecule has 0 aromatic carbocycles. The molecule has 0 fully saturated rings. The van der Waals surface area contributed by atoms with E-state index in [1.807, 2.05) is 13.2 Å². The first-order valence-electron chi connectivity index (χ1n) is 5.76. The minimum atomic E-state index is -0.973. The molecule has 0 unspecified atom stereocenters. The van der Waals surface area contributed by atoms with Crippen molar-refractivity contribution in [3.8, 4) is 0 Å². The summed E-state index contributed by atoms with van der Waals surface area (Å²) in [5.41, 5.74) is 0. The predicted octanol–water partition coefficient (Wildman–Crippen LogP) is 0.697. The Morgan fingerprint density at radius 1 is 1.29 bits per heavy atom. The molecule has 6 heteroatoms. The smallest absolute Gasteiger partial charge is 0.326 e. The molecule has 3 N–H and O–H groups in total. The van der Waals surface area contributed by atoms with Gasteiger partial charge in [-0.1, -0.05) is 13.3 Å². The molecular formula is C11H22N2O3S. The van der Waals surface area contributed by atoms with E-state index in [9.17, 15) is 9.59 Å². The van der Waals surface area contributed by atoms with Crippen molar-refractivity contribution in [3.05, 3.63) is 0 Å². The quantitative estimate of drug-likeness (QED) is 0.570. The highest BCUT2D eigenvalue weighted by atomic mass is 32.2. The van der Waals surface area contributed by atoms with E-state index in [-0.39, 0.29) is 11.9 Å². The summed E-state index contributed by atoms with van der Waals surface area (Å²) in [6.07, 6.45) is 3.94. The van der Waals surface area contributed by atoms with Crippen LogP contribution < -0.4 is 10.6 Å². The normalized spacial score (nSPS) is 14.1. The number of carbonyl (C=O) groups is 2. The van der Waals surface area contributed by atoms with Crippen molar-refractivity contribution in [1.82, 2.24) is 10.6 Å². The zero-order valence-electron chi connectivity index (χ0n) is 10.7. The molecule has 2 atom stereocenters. The standard InChI is InChI=1S/C11H22N2O3S/c1-4-5-8(12-2)10(14)13-9(11(15)16)6-7-17-3/h8-9,12H,4-7H2,1-3H3,(H,13,14)(H,15,16)/t8-,9-/m0/s1. The van der Waals surface area contributed by atoms with Crippen LogP contribution in [0.3, 0.4) is 0 Å². The minimum Gasteiger partial charge on any atom is -0.480 e. The Kier molecular flexibility index (Phi) is 8.89. The number of hydrogen-bond acceptors (Lipinski definition) is 4. The molecule has 17 heavy (non-hydrogen) atoms. The molecule has 0 aliphatic rings. The number of rotatable bonds is 9. The molecule has 0 aliphatic heterocycles. The first-order chi connectivity index (χ1) is 8.06. The maximum atomic E-state index is 11.8. The number of amides is 1. The van der Waals surface area contributed by atoms with Crippen molar-refractivity contribution in [3.63, 3.8) is 0 Å². The van der Waals surface area contributed by atoms with Gasteiger partial charge in [-0.3, -0.25) is 4.79 Å². The van der Waals surface area contributed by atoms with Gasteiger partial charge >= 0.3 is 5.97 Å². The average molecular weight is 262 g/mol.